The lowest BCUT2D eigenvalue weighted by Gasteiger charge is -2.54. The zero-order valence-corrected chi connectivity index (χ0v) is 25.2. The summed E-state index contributed by atoms with van der Waals surface area (Å²) in [5.74, 6) is -1.29. The van der Waals surface area contributed by atoms with E-state index in [0.717, 1.165) is 18.4 Å². The SMILES string of the molecule is CC(C)N1CC2N(C(=O)C(NC(=O)C3CCCC3)CN2S(=O)(=O)c2ccc(Cl)cc2Cl)C(Cc2cccnc2)C1=O. The highest BCUT2D eigenvalue weighted by atomic mass is 35.5. The molecule has 3 unspecified atom stereocenters. The largest absolute Gasteiger partial charge is 0.343 e. The minimum atomic E-state index is -4.31. The highest BCUT2D eigenvalue weighted by Crippen LogP contribution is 2.35. The summed E-state index contributed by atoms with van der Waals surface area (Å²) in [4.78, 5) is 48.0. The number of hydrogen-bond donors (Lipinski definition) is 1. The predicted octanol–water partition coefficient (Wildman–Crippen LogP) is 3.08. The Balaban J connectivity index is 1.59. The lowest BCUT2D eigenvalue weighted by molar-refractivity contribution is -0.169. The van der Waals surface area contributed by atoms with Gasteiger partial charge in [0.15, 0.2) is 0 Å². The molecule has 3 amide bonds. The highest BCUT2D eigenvalue weighted by molar-refractivity contribution is 7.89. The van der Waals surface area contributed by atoms with Crippen LogP contribution in [0.2, 0.25) is 10.0 Å². The van der Waals surface area contributed by atoms with Crippen molar-refractivity contribution in [3.8, 4) is 0 Å². The van der Waals surface area contributed by atoms with Gasteiger partial charge in [-0.25, -0.2) is 8.42 Å². The van der Waals surface area contributed by atoms with Crippen LogP contribution >= 0.6 is 23.2 Å². The molecule has 2 aliphatic heterocycles. The molecule has 5 rings (SSSR count). The van der Waals surface area contributed by atoms with E-state index in [9.17, 15) is 22.8 Å². The molecule has 1 N–H and O–H groups in total. The van der Waals surface area contributed by atoms with Gasteiger partial charge in [-0.3, -0.25) is 19.4 Å². The number of fused-ring (bicyclic) bond motifs is 1. The number of nitrogens with one attached hydrogen (secondary N) is 1. The summed E-state index contributed by atoms with van der Waals surface area (Å²) >= 11 is 12.4. The maximum atomic E-state index is 14.2. The Bertz CT molecular complexity index is 1430. The minimum absolute atomic E-state index is 0.0283. The molecular formula is C28H33Cl2N5O5S. The second kappa shape index (κ2) is 11.9. The number of carbonyl (C=O) groups excluding carboxylic acids is 3. The van der Waals surface area contributed by atoms with Crippen LogP contribution in [0.3, 0.4) is 0 Å². The Labute approximate surface area is 250 Å². The molecule has 220 valence electrons. The zero-order valence-electron chi connectivity index (χ0n) is 22.9. The lowest BCUT2D eigenvalue weighted by Crippen LogP contribution is -2.76. The smallest absolute Gasteiger partial charge is 0.248 e. The molecule has 3 atom stereocenters. The quantitative estimate of drug-likeness (QED) is 0.507. The monoisotopic (exact) mass is 621 g/mol. The van der Waals surface area contributed by atoms with Gasteiger partial charge >= 0.3 is 0 Å². The molecule has 3 aliphatic rings. The first-order chi connectivity index (χ1) is 19.5. The predicted molar refractivity (Wildman–Crippen MR) is 153 cm³/mol. The van der Waals surface area contributed by atoms with Gasteiger partial charge in [-0.2, -0.15) is 4.31 Å². The molecule has 10 nitrogen and oxygen atoms in total. The number of pyridine rings is 1. The lowest BCUT2D eigenvalue weighted by atomic mass is 9.96. The fourth-order valence-electron chi connectivity index (χ4n) is 6.01. The summed E-state index contributed by atoms with van der Waals surface area (Å²) in [5.41, 5.74) is 0.718. The number of hydrogen-bond acceptors (Lipinski definition) is 6. The molecule has 1 aliphatic carbocycles. The van der Waals surface area contributed by atoms with Crippen molar-refractivity contribution in [3.05, 3.63) is 58.3 Å². The fraction of sp³-hybridized carbons (Fsp3) is 0.500. The standard InChI is InChI=1S/C28H33Cl2N5O5S/c1-17(2)33-16-25-34(41(39,40)24-10-9-20(29)13-21(24)30)15-22(32-26(36)19-7-3-4-8-19)27(37)35(25)23(28(33)38)12-18-6-5-11-31-14-18/h5-6,9-11,13-14,17,19,22-23,25H,3-4,7-8,12,15-16H2,1-2H3,(H,32,36). The first kappa shape index (κ1) is 29.8. The van der Waals surface area contributed by atoms with Gasteiger partial charge in [0.2, 0.25) is 27.7 Å². The van der Waals surface area contributed by atoms with Gasteiger partial charge in [-0.1, -0.05) is 42.1 Å². The van der Waals surface area contributed by atoms with Crippen LogP contribution in [0.4, 0.5) is 0 Å². The van der Waals surface area contributed by atoms with Crippen LogP contribution in [-0.2, 0) is 30.8 Å². The molecule has 2 aromatic rings. The van der Waals surface area contributed by atoms with E-state index >= 15 is 0 Å². The van der Waals surface area contributed by atoms with Crippen molar-refractivity contribution in [2.45, 2.75) is 75.1 Å². The van der Waals surface area contributed by atoms with E-state index in [1.54, 1.807) is 29.4 Å². The van der Waals surface area contributed by atoms with E-state index in [-0.39, 0.29) is 58.2 Å². The number of rotatable bonds is 7. The Morgan fingerprint density at radius 3 is 2.46 bits per heavy atom. The molecule has 41 heavy (non-hydrogen) atoms. The van der Waals surface area contributed by atoms with Gasteiger partial charge < -0.3 is 15.1 Å². The average molecular weight is 623 g/mol. The molecular weight excluding hydrogens is 589 g/mol. The number of nitrogens with zero attached hydrogens (tertiary/aromatic N) is 4. The first-order valence-electron chi connectivity index (χ1n) is 13.8. The number of halogens is 2. The van der Waals surface area contributed by atoms with Crippen molar-refractivity contribution in [3.63, 3.8) is 0 Å². The summed E-state index contributed by atoms with van der Waals surface area (Å²) < 4.78 is 29.6. The van der Waals surface area contributed by atoms with Gasteiger partial charge in [-0.05, 0) is 56.5 Å². The molecule has 13 heteroatoms. The summed E-state index contributed by atoms with van der Waals surface area (Å²) in [6.45, 7) is 3.37. The highest BCUT2D eigenvalue weighted by Gasteiger charge is 2.54. The average Bonchev–Trinajstić information content (AvgIpc) is 3.47. The molecule has 0 radical (unpaired) electrons. The maximum Gasteiger partial charge on any atom is 0.248 e. The Morgan fingerprint density at radius 2 is 1.83 bits per heavy atom. The molecule has 1 saturated carbocycles. The van der Waals surface area contributed by atoms with Crippen LogP contribution in [0.15, 0.2) is 47.6 Å². The van der Waals surface area contributed by atoms with E-state index < -0.39 is 34.2 Å². The van der Waals surface area contributed by atoms with Crippen molar-refractivity contribution in [1.82, 2.24) is 24.4 Å². The molecule has 1 aromatic heterocycles. The maximum absolute atomic E-state index is 14.2. The van der Waals surface area contributed by atoms with Crippen LogP contribution < -0.4 is 5.32 Å². The van der Waals surface area contributed by atoms with Crippen LogP contribution in [-0.4, -0.2) is 82.6 Å². The van der Waals surface area contributed by atoms with Crippen LogP contribution in [0.1, 0.15) is 45.1 Å². The topological polar surface area (TPSA) is 120 Å². The van der Waals surface area contributed by atoms with E-state index in [1.807, 2.05) is 13.8 Å². The van der Waals surface area contributed by atoms with Crippen LogP contribution in [0.25, 0.3) is 0 Å². The number of amides is 3. The molecule has 1 aromatic carbocycles. The van der Waals surface area contributed by atoms with E-state index in [1.165, 1.54) is 27.4 Å². The zero-order chi connectivity index (χ0) is 29.5. The summed E-state index contributed by atoms with van der Waals surface area (Å²) in [7, 11) is -4.31. The number of aromatic nitrogens is 1. The van der Waals surface area contributed by atoms with Crippen molar-refractivity contribution in [1.29, 1.82) is 0 Å². The Morgan fingerprint density at radius 1 is 1.10 bits per heavy atom. The number of carbonyl (C=O) groups is 3. The van der Waals surface area contributed by atoms with Gasteiger partial charge in [0.05, 0.1) is 11.6 Å². The second-order valence-electron chi connectivity index (χ2n) is 11.1. The second-order valence-corrected chi connectivity index (χ2v) is 13.8. The number of piperazine rings is 1. The van der Waals surface area contributed by atoms with Crippen LogP contribution in [0.5, 0.6) is 0 Å². The fourth-order valence-corrected chi connectivity index (χ4v) is 8.34. The number of sulfonamides is 1. The third kappa shape index (κ3) is 5.82. The molecule has 2 saturated heterocycles. The van der Waals surface area contributed by atoms with Gasteiger partial charge in [0, 0.05) is 42.3 Å². The van der Waals surface area contributed by atoms with E-state index in [2.05, 4.69) is 10.3 Å². The molecule has 3 fully saturated rings. The normalized spacial score (nSPS) is 24.2. The number of benzene rings is 1. The molecule has 3 heterocycles. The van der Waals surface area contributed by atoms with Crippen LogP contribution in [0, 0.1) is 5.92 Å². The summed E-state index contributed by atoms with van der Waals surface area (Å²) in [5, 5.41) is 3.04. The van der Waals surface area contributed by atoms with E-state index in [4.69, 9.17) is 23.2 Å². The van der Waals surface area contributed by atoms with Gasteiger partial charge in [0.1, 0.15) is 23.1 Å². The Hall–Kier alpha value is -2.73. The molecule has 0 spiro atoms. The first-order valence-corrected chi connectivity index (χ1v) is 16.0. The molecule has 0 bridgehead atoms. The third-order valence-electron chi connectivity index (χ3n) is 8.13. The third-order valence-corrected chi connectivity index (χ3v) is 10.7. The summed E-state index contributed by atoms with van der Waals surface area (Å²) in [6, 6.07) is 5.23. The van der Waals surface area contributed by atoms with Gasteiger partial charge in [-0.15, -0.1) is 0 Å². The minimum Gasteiger partial charge on any atom is -0.343 e. The summed E-state index contributed by atoms with van der Waals surface area (Å²) in [6.07, 6.45) is 5.63. The van der Waals surface area contributed by atoms with Crippen molar-refractivity contribution in [2.75, 3.05) is 13.1 Å². The van der Waals surface area contributed by atoms with Crippen molar-refractivity contribution in [2.24, 2.45) is 5.92 Å². The van der Waals surface area contributed by atoms with Crippen molar-refractivity contribution < 1.29 is 22.8 Å². The van der Waals surface area contributed by atoms with Crippen molar-refractivity contribution >= 4 is 50.9 Å². The van der Waals surface area contributed by atoms with E-state index in [0.29, 0.717) is 12.8 Å². The Kier molecular flexibility index (Phi) is 8.61. The van der Waals surface area contributed by atoms with Gasteiger partial charge in [0.25, 0.3) is 0 Å².